The number of rotatable bonds is 47. The molecule has 23 nitrogen and oxygen atoms in total. The Bertz CT molecular complexity index is 4920. The first kappa shape index (κ1) is 116. The van der Waals surface area contributed by atoms with Gasteiger partial charge in [-0.3, -0.25) is 0 Å². The SMILES string of the molecule is C1CC2C3CCC(C3)C2C1.C=C(C)C(=O)OC12CC3CC(CC(C3)C1)C2.C=CC(=O)OCC.C=CC(=O)OCC.C=CC(=O)OCCCCCCCCCCCC.C=CC(=O)OCCOc1ccc(C(C)(C)c2ccc(OCCOC(=O)C=C)cc2)cc1.C=CC(=O)OCCOc1ccc(C2(c3ccc(OCCOC(=O)C=C)cc3)c3ccccc3-c3ccccc32)cc1.C=CC(=O)OCCOc1ccccc1. The second kappa shape index (κ2) is 64.1. The van der Waals surface area contributed by atoms with Crippen LogP contribution < -0.4 is 23.7 Å². The van der Waals surface area contributed by atoms with Gasteiger partial charge in [-0.1, -0.05) is 259 Å². The standard InChI is InChI=1S/C35H30O6.C25H28O6.C15H28O2.C14H20O2.C11H12O3.C10H16.2C5H8O2/c1-3-33(36)40-23-21-38-27-17-13-25(14-18-27)35(26-15-19-28(20-16-26)39-22-24-41-34(37)4-2)31-11-7-5-9-29(31)30-10-6-8-12-32(30)35;1-5-23(26)30-17-15-28-21-11-7-19(8-12-21)25(3,4)20-9-13-22(14-10-20)29-16-18-31-24(27)6-2;1-3-5-6-7-8-9-10-11-12-13-14-17-15(16)4-2;1-9(2)13(15)16-14-6-10-3-11(7-14)5-12(4-10)8-14;1-2-11(12)14-9-8-13-10-6-4-3-5-7-10;1-2-9-7-4-5-8(6-7)10(9)3-1;2*1-3-5(6)7-4-2/h3-20H,1-2,21-24H2;5-14H,1-2,15-18H2,3-4H3;4H,2-3,5-14H2,1H3;10-12H,1,3-8H2,2H3;2-7H,1,8-9H2;7-10H,1-6H2;2*3H,1,4H2,2H3. The lowest BCUT2D eigenvalue weighted by molar-refractivity contribution is -0.182. The maximum Gasteiger partial charge on any atom is 0.333 e. The monoisotopic (exact) mass is 1960 g/mol. The lowest BCUT2D eigenvalue weighted by Crippen LogP contribution is -2.52. The van der Waals surface area contributed by atoms with Gasteiger partial charge in [-0.15, -0.1) is 0 Å². The molecule has 7 fully saturated rings. The summed E-state index contributed by atoms with van der Waals surface area (Å²) in [5, 5.41) is 0. The smallest absolute Gasteiger partial charge is 0.333 e. The van der Waals surface area contributed by atoms with E-state index in [1.54, 1.807) is 59.3 Å². The summed E-state index contributed by atoms with van der Waals surface area (Å²) in [6, 6.07) is 58.1. The minimum atomic E-state index is -0.566. The van der Waals surface area contributed by atoms with Crippen LogP contribution in [0.3, 0.4) is 0 Å². The van der Waals surface area contributed by atoms with Gasteiger partial charge in [0.1, 0.15) is 100 Å². The van der Waals surface area contributed by atoms with E-state index in [1.165, 1.54) is 129 Å². The van der Waals surface area contributed by atoms with Crippen molar-refractivity contribution in [3.63, 3.8) is 0 Å². The first-order valence-corrected chi connectivity index (χ1v) is 50.2. The molecule has 4 atom stereocenters. The van der Waals surface area contributed by atoms with Crippen molar-refractivity contribution in [1.29, 1.82) is 0 Å². The van der Waals surface area contributed by atoms with Crippen molar-refractivity contribution in [2.75, 3.05) is 85.9 Å². The number of carbonyl (C=O) groups excluding carboxylic acids is 9. The maximum atomic E-state index is 11.7. The van der Waals surface area contributed by atoms with E-state index in [0.29, 0.717) is 55.0 Å². The van der Waals surface area contributed by atoms with Crippen LogP contribution >= 0.6 is 0 Å². The van der Waals surface area contributed by atoms with Crippen molar-refractivity contribution in [3.8, 4) is 39.9 Å². The zero-order valence-electron chi connectivity index (χ0n) is 84.9. The summed E-state index contributed by atoms with van der Waals surface area (Å²) < 4.78 is 72.2. The van der Waals surface area contributed by atoms with Gasteiger partial charge in [-0.05, 0) is 244 Å². The van der Waals surface area contributed by atoms with Crippen molar-refractivity contribution in [2.24, 2.45) is 41.4 Å². The summed E-state index contributed by atoms with van der Waals surface area (Å²) in [5.41, 5.74) is 8.84. The van der Waals surface area contributed by atoms with Crippen LogP contribution in [-0.2, 0) is 96.6 Å². The van der Waals surface area contributed by atoms with Crippen LogP contribution in [0.1, 0.15) is 216 Å². The molecule has 7 aromatic rings. The molecule has 0 aliphatic heterocycles. The third-order valence-electron chi connectivity index (χ3n) is 26.0. The van der Waals surface area contributed by atoms with Gasteiger partial charge in [0.25, 0.3) is 0 Å². The number of benzene rings is 7. The van der Waals surface area contributed by atoms with Crippen LogP contribution in [0.5, 0.6) is 28.7 Å². The fourth-order valence-corrected chi connectivity index (χ4v) is 19.7. The van der Waals surface area contributed by atoms with Crippen molar-refractivity contribution >= 4 is 53.7 Å². The number of fused-ring (bicyclic) bond motifs is 8. The molecule has 7 aromatic carbocycles. The Morgan fingerprint density at radius 1 is 0.329 bits per heavy atom. The number of para-hydroxylation sites is 1. The average Bonchev–Trinajstić information content (AvgIpc) is 1.54. The van der Waals surface area contributed by atoms with E-state index in [-0.39, 0.29) is 94.4 Å². The van der Waals surface area contributed by atoms with E-state index in [9.17, 15) is 43.2 Å². The molecule has 7 saturated carbocycles. The van der Waals surface area contributed by atoms with Gasteiger partial charge >= 0.3 is 53.7 Å². The van der Waals surface area contributed by atoms with Gasteiger partial charge in [0, 0.05) is 59.6 Å². The normalized spacial score (nSPS) is 17.7. The van der Waals surface area contributed by atoms with Gasteiger partial charge in [-0.2, -0.15) is 0 Å². The molecule has 8 aliphatic carbocycles. The number of ether oxygens (including phenoxy) is 14. The molecule has 8 aliphatic rings. The fraction of sp³-hybridized carbons (Fsp3) is 0.425. The molecule has 0 heterocycles. The fourth-order valence-electron chi connectivity index (χ4n) is 19.7. The van der Waals surface area contributed by atoms with Crippen LogP contribution in [0.15, 0.2) is 289 Å². The number of carbonyl (C=O) groups is 9. The van der Waals surface area contributed by atoms with Crippen molar-refractivity contribution < 1.29 is 109 Å². The molecule has 143 heavy (non-hydrogen) atoms. The predicted molar refractivity (Wildman–Crippen MR) is 559 cm³/mol. The second-order valence-electron chi connectivity index (χ2n) is 36.3. The molecule has 0 amide bonds. The van der Waals surface area contributed by atoms with Gasteiger partial charge in [-0.25, -0.2) is 43.2 Å². The second-order valence-corrected chi connectivity index (χ2v) is 36.3. The van der Waals surface area contributed by atoms with Crippen molar-refractivity contribution in [1.82, 2.24) is 0 Å². The minimum Gasteiger partial charge on any atom is -0.490 e. The Kier molecular flexibility index (Phi) is 52.1. The van der Waals surface area contributed by atoms with E-state index in [1.807, 2.05) is 103 Å². The molecule has 0 N–H and O–H groups in total. The molecule has 4 unspecified atom stereocenters. The topological polar surface area (TPSA) is 283 Å². The molecule has 768 valence electrons. The highest BCUT2D eigenvalue weighted by atomic mass is 16.6. The van der Waals surface area contributed by atoms with Crippen LogP contribution in [0.25, 0.3) is 11.1 Å². The Hall–Kier alpha value is -13.6. The lowest BCUT2D eigenvalue weighted by atomic mass is 9.54. The maximum absolute atomic E-state index is 11.7. The summed E-state index contributed by atoms with van der Waals surface area (Å²) in [7, 11) is 0. The molecule has 0 radical (unpaired) electrons. The summed E-state index contributed by atoms with van der Waals surface area (Å²) in [4.78, 5) is 97.8. The molecular formula is C120H150O23. The van der Waals surface area contributed by atoms with Crippen molar-refractivity contribution in [2.45, 2.75) is 199 Å². The van der Waals surface area contributed by atoms with E-state index in [4.69, 9.17) is 56.8 Å². The van der Waals surface area contributed by atoms with Crippen LogP contribution in [0, 0.1) is 41.4 Å². The van der Waals surface area contributed by atoms with E-state index < -0.39 is 35.3 Å². The Balaban J connectivity index is 0.000000239. The number of hydrogen-bond donors (Lipinski definition) is 0. The molecule has 6 bridgehead atoms. The first-order chi connectivity index (χ1) is 69.2. The summed E-state index contributed by atoms with van der Waals surface area (Å²) >= 11 is 0. The predicted octanol–water partition coefficient (Wildman–Crippen LogP) is 24.3. The number of hydrogen-bond acceptors (Lipinski definition) is 23. The molecule has 0 aromatic heterocycles. The molecule has 0 saturated heterocycles. The van der Waals surface area contributed by atoms with Gasteiger partial charge in [0.2, 0.25) is 0 Å². The Morgan fingerprint density at radius 3 is 0.923 bits per heavy atom. The zero-order valence-corrected chi connectivity index (χ0v) is 84.9. The Morgan fingerprint density at radius 2 is 0.615 bits per heavy atom. The Labute approximate surface area is 847 Å². The third-order valence-corrected chi connectivity index (χ3v) is 26.0. The third kappa shape index (κ3) is 39.0. The van der Waals surface area contributed by atoms with E-state index in [2.05, 4.69) is 162 Å². The van der Waals surface area contributed by atoms with Crippen LogP contribution in [-0.4, -0.2) is 145 Å². The van der Waals surface area contributed by atoms with E-state index >= 15 is 0 Å². The summed E-state index contributed by atoms with van der Waals surface area (Å²) in [5.74, 6) is 7.29. The van der Waals surface area contributed by atoms with Gasteiger partial charge in [0.05, 0.1) is 25.2 Å². The largest absolute Gasteiger partial charge is 0.490 e. The van der Waals surface area contributed by atoms with Crippen LogP contribution in [0.2, 0.25) is 0 Å². The van der Waals surface area contributed by atoms with Crippen molar-refractivity contribution in [3.05, 3.63) is 323 Å². The number of esters is 9. The molecule has 23 heteroatoms. The summed E-state index contributed by atoms with van der Waals surface area (Å²) in [6.45, 7) is 45.6. The zero-order chi connectivity index (χ0) is 104. The number of unbranched alkanes of at least 4 members (excludes halogenated alkanes) is 9. The van der Waals surface area contributed by atoms with Gasteiger partial charge in [0.15, 0.2) is 0 Å². The molecule has 0 spiro atoms. The lowest BCUT2D eigenvalue weighted by Gasteiger charge is -2.55. The van der Waals surface area contributed by atoms with E-state index in [0.717, 1.165) is 114 Å². The van der Waals surface area contributed by atoms with Gasteiger partial charge < -0.3 is 66.3 Å². The highest BCUT2D eigenvalue weighted by Crippen LogP contribution is 2.60. The highest BCUT2D eigenvalue weighted by molar-refractivity contribution is 5.88. The molecular weight excluding hydrogens is 1810 g/mol. The quantitative estimate of drug-likeness (QED) is 0.0148. The molecule has 15 rings (SSSR count). The summed E-state index contributed by atoms with van der Waals surface area (Å²) in [6.07, 6.45) is 39.1. The average molecular weight is 1960 g/mol. The minimum absolute atomic E-state index is 0.106. The van der Waals surface area contributed by atoms with Crippen LogP contribution in [0.4, 0.5) is 0 Å². The highest BCUT2D eigenvalue weighted by Gasteiger charge is 2.54. The first-order valence-electron chi connectivity index (χ1n) is 50.2.